The van der Waals surface area contributed by atoms with Crippen molar-refractivity contribution in [2.75, 3.05) is 140 Å². The molecule has 0 aromatic heterocycles. The van der Waals surface area contributed by atoms with Gasteiger partial charge in [-0.3, -0.25) is 14.4 Å². The molecular formula is C45H87N7O7. The number of carboxylic acid groups (broad SMARTS) is 3. The number of likely N-dealkylation sites (N-methyl/N-ethyl adjacent to an activating group) is 1. The van der Waals surface area contributed by atoms with E-state index in [0.29, 0.717) is 13.0 Å². The maximum Gasteiger partial charge on any atom is 0.306 e. The third kappa shape index (κ3) is 35.6. The number of nitrogens with one attached hydrogen (secondary N) is 2. The Morgan fingerprint density at radius 2 is 1.00 bits per heavy atom. The molecule has 1 aromatic rings. The second kappa shape index (κ2) is 37.0. The molecular weight excluding hydrogens is 751 g/mol. The minimum Gasteiger partial charge on any atom is -0.481 e. The van der Waals surface area contributed by atoms with Crippen molar-refractivity contribution >= 4 is 23.6 Å². The van der Waals surface area contributed by atoms with Crippen LogP contribution in [0.2, 0.25) is 0 Å². The fourth-order valence-electron chi connectivity index (χ4n) is 6.47. The molecule has 14 heteroatoms. The van der Waals surface area contributed by atoms with Crippen molar-refractivity contribution < 1.29 is 34.4 Å². The quantitative estimate of drug-likeness (QED) is 0.228. The molecule has 0 aliphatic carbocycles. The van der Waals surface area contributed by atoms with Crippen LogP contribution >= 0.6 is 0 Å². The number of ether oxygens (including phenoxy) is 1. The van der Waals surface area contributed by atoms with Crippen LogP contribution in [0.4, 0.5) is 5.69 Å². The number of aliphatic carboxylic acids is 3. The summed E-state index contributed by atoms with van der Waals surface area (Å²) in [5.41, 5.74) is 2.10. The third-order valence-electron chi connectivity index (χ3n) is 10.9. The number of piperidine rings is 4. The first kappa shape index (κ1) is 56.1. The Morgan fingerprint density at radius 1 is 0.593 bits per heavy atom. The van der Waals surface area contributed by atoms with Gasteiger partial charge in [-0.1, -0.05) is 31.9 Å². The topological polar surface area (TPSA) is 161 Å². The lowest BCUT2D eigenvalue weighted by Gasteiger charge is -2.26. The highest BCUT2D eigenvalue weighted by Gasteiger charge is 2.22. The lowest BCUT2D eigenvalue weighted by molar-refractivity contribution is -0.143. The zero-order valence-electron chi connectivity index (χ0n) is 38.6. The highest BCUT2D eigenvalue weighted by molar-refractivity contribution is 5.70. The number of likely N-dealkylation sites (tertiary alicyclic amines) is 4. The number of aryl methyl sites for hydroxylation is 1. The van der Waals surface area contributed by atoms with Crippen molar-refractivity contribution in [1.29, 1.82) is 0 Å². The van der Waals surface area contributed by atoms with Gasteiger partial charge in [0, 0.05) is 38.8 Å². The number of benzene rings is 1. The number of carbonyl (C=O) groups is 3. The smallest absolute Gasteiger partial charge is 0.306 e. The van der Waals surface area contributed by atoms with Crippen molar-refractivity contribution in [2.45, 2.75) is 90.4 Å². The van der Waals surface area contributed by atoms with Crippen LogP contribution in [0.25, 0.3) is 0 Å². The minimum atomic E-state index is -0.755. The highest BCUT2D eigenvalue weighted by atomic mass is 16.5. The zero-order chi connectivity index (χ0) is 44.3. The summed E-state index contributed by atoms with van der Waals surface area (Å²) in [5.74, 6) is -1.25. The molecule has 1 aromatic carbocycles. The van der Waals surface area contributed by atoms with Gasteiger partial charge in [0.05, 0.1) is 25.6 Å². The summed E-state index contributed by atoms with van der Waals surface area (Å²) in [6.07, 6.45) is 14.0. The monoisotopic (exact) mass is 838 g/mol. The molecule has 5 fully saturated rings. The van der Waals surface area contributed by atoms with E-state index in [2.05, 4.69) is 70.2 Å². The number of anilines is 1. The van der Waals surface area contributed by atoms with E-state index in [-0.39, 0.29) is 18.8 Å². The standard InChI is InChI=1S/C10H13NO2.C7H13NO2.C7H15N.2C6H13N.C5H11NO.C4H9NO2/c1-11-9-5-2-8(3-6-9)4-7-10(12)13;1-8-4-2-6(3-5-8)7(9)10;1-7-3-5-8(2)6-4-7;2*1-7-5-3-2-4-6-7;1-6-2-4-7-5-3-6;1-5-3-2-4(6)7/h2-3,5-6,11H,4,7H2,1H3,(H,12,13);6H,2-5H2,1H3,(H,9,10);7H,3-6H2,1-2H3;2*2-6H2,1H3;2-5H2,1H3;5H,2-3H2,1H3,(H,6,7). The van der Waals surface area contributed by atoms with Gasteiger partial charge in [-0.15, -0.1) is 0 Å². The lowest BCUT2D eigenvalue weighted by atomic mass is 9.98. The molecule has 5 aliphatic heterocycles. The first-order valence-corrected chi connectivity index (χ1v) is 22.2. The Labute approximate surface area is 359 Å². The summed E-state index contributed by atoms with van der Waals surface area (Å²) in [4.78, 5) is 42.1. The largest absolute Gasteiger partial charge is 0.481 e. The minimum absolute atomic E-state index is 0.0869. The predicted octanol–water partition coefficient (Wildman–Crippen LogP) is 5.34. The van der Waals surface area contributed by atoms with E-state index in [9.17, 15) is 14.4 Å². The molecule has 5 aliphatic rings. The average molecular weight is 838 g/mol. The van der Waals surface area contributed by atoms with Crippen LogP contribution in [0, 0.1) is 11.8 Å². The molecule has 0 unspecified atom stereocenters. The summed E-state index contributed by atoms with van der Waals surface area (Å²) in [6.45, 7) is 16.7. The number of hydrogen-bond donors (Lipinski definition) is 5. The lowest BCUT2D eigenvalue weighted by Crippen LogP contribution is -2.33. The van der Waals surface area contributed by atoms with Gasteiger partial charge < -0.3 is 55.2 Å². The molecule has 0 atom stereocenters. The van der Waals surface area contributed by atoms with E-state index in [1.807, 2.05) is 38.4 Å². The van der Waals surface area contributed by atoms with Crippen LogP contribution in [-0.4, -0.2) is 192 Å². The average Bonchev–Trinajstić information content (AvgIpc) is 3.23. The molecule has 59 heavy (non-hydrogen) atoms. The van der Waals surface area contributed by atoms with Crippen molar-refractivity contribution in [3.8, 4) is 0 Å². The van der Waals surface area contributed by atoms with Gasteiger partial charge in [0.1, 0.15) is 0 Å². The first-order chi connectivity index (χ1) is 28.2. The predicted molar refractivity (Wildman–Crippen MR) is 243 cm³/mol. The molecule has 0 amide bonds. The van der Waals surface area contributed by atoms with Crippen molar-refractivity contribution in [3.05, 3.63) is 29.8 Å². The van der Waals surface area contributed by atoms with Crippen LogP contribution in [0.15, 0.2) is 24.3 Å². The van der Waals surface area contributed by atoms with Crippen LogP contribution in [0.5, 0.6) is 0 Å². The van der Waals surface area contributed by atoms with Gasteiger partial charge >= 0.3 is 17.9 Å². The summed E-state index contributed by atoms with van der Waals surface area (Å²) in [6, 6.07) is 7.76. The summed E-state index contributed by atoms with van der Waals surface area (Å²) in [7, 11) is 14.3. The van der Waals surface area contributed by atoms with E-state index < -0.39 is 17.9 Å². The maximum atomic E-state index is 10.4. The first-order valence-electron chi connectivity index (χ1n) is 22.2. The van der Waals surface area contributed by atoms with Gasteiger partial charge in [-0.05, 0) is 176 Å². The molecule has 0 bridgehead atoms. The molecule has 6 rings (SSSR count). The number of hydrogen-bond acceptors (Lipinski definition) is 11. The molecule has 344 valence electrons. The Hall–Kier alpha value is -2.85. The van der Waals surface area contributed by atoms with Crippen LogP contribution in [0.3, 0.4) is 0 Å². The third-order valence-corrected chi connectivity index (χ3v) is 10.9. The Bertz CT molecular complexity index is 1100. The van der Waals surface area contributed by atoms with E-state index in [4.69, 9.17) is 20.1 Å². The molecule has 0 radical (unpaired) electrons. The normalized spacial score (nSPS) is 19.6. The highest BCUT2D eigenvalue weighted by Crippen LogP contribution is 2.16. The van der Waals surface area contributed by atoms with E-state index in [1.54, 1.807) is 7.05 Å². The second-order valence-corrected chi connectivity index (χ2v) is 16.6. The van der Waals surface area contributed by atoms with Crippen LogP contribution in [-0.2, 0) is 25.5 Å². The molecule has 5 saturated heterocycles. The number of rotatable bonds is 8. The van der Waals surface area contributed by atoms with Crippen LogP contribution < -0.4 is 10.6 Å². The Kier molecular flexibility index (Phi) is 35.2. The number of carboxylic acids is 3. The Morgan fingerprint density at radius 3 is 1.29 bits per heavy atom. The Balaban J connectivity index is 0.000000674. The van der Waals surface area contributed by atoms with Gasteiger partial charge in [0.2, 0.25) is 0 Å². The van der Waals surface area contributed by atoms with Gasteiger partial charge in [-0.2, -0.15) is 0 Å². The summed E-state index contributed by atoms with van der Waals surface area (Å²) >= 11 is 0. The zero-order valence-corrected chi connectivity index (χ0v) is 38.6. The van der Waals surface area contributed by atoms with E-state index in [0.717, 1.165) is 69.4 Å². The van der Waals surface area contributed by atoms with E-state index in [1.165, 1.54) is 90.6 Å². The molecule has 14 nitrogen and oxygen atoms in total. The summed E-state index contributed by atoms with van der Waals surface area (Å²) in [5, 5.41) is 30.8. The van der Waals surface area contributed by atoms with E-state index >= 15 is 0 Å². The molecule has 0 saturated carbocycles. The summed E-state index contributed by atoms with van der Waals surface area (Å²) < 4.78 is 5.10. The maximum absolute atomic E-state index is 10.4. The second-order valence-electron chi connectivity index (χ2n) is 16.6. The SMILES string of the molecule is CC1CCN(C)CC1.CN1CCC(C(=O)O)CC1.CN1CCCCC1.CN1CCCCC1.CN1CCOCC1.CNCCC(=O)O.CNc1ccc(CCC(=O)O)cc1. The molecule has 5 heterocycles. The van der Waals surface area contributed by atoms with Crippen molar-refractivity contribution in [2.24, 2.45) is 11.8 Å². The van der Waals surface area contributed by atoms with Gasteiger partial charge in [0.15, 0.2) is 0 Å². The van der Waals surface area contributed by atoms with Gasteiger partial charge in [-0.25, -0.2) is 0 Å². The molecule has 0 spiro atoms. The van der Waals surface area contributed by atoms with Crippen molar-refractivity contribution in [1.82, 2.24) is 29.8 Å². The number of morpholine rings is 1. The fourth-order valence-corrected chi connectivity index (χ4v) is 6.47. The van der Waals surface area contributed by atoms with Crippen molar-refractivity contribution in [3.63, 3.8) is 0 Å². The fraction of sp³-hybridized carbons (Fsp3) is 0.800. The number of nitrogens with zero attached hydrogens (tertiary/aromatic N) is 5. The molecule has 5 N–H and O–H groups in total. The van der Waals surface area contributed by atoms with Gasteiger partial charge in [0.25, 0.3) is 0 Å². The van der Waals surface area contributed by atoms with Crippen LogP contribution in [0.1, 0.15) is 89.5 Å².